The van der Waals surface area contributed by atoms with Crippen LogP contribution in [0.15, 0.2) is 24.3 Å². The van der Waals surface area contributed by atoms with Crippen LogP contribution < -0.4 is 10.1 Å². The average Bonchev–Trinajstić information content (AvgIpc) is 2.47. The molecule has 0 amide bonds. The molecule has 0 saturated carbocycles. The molecule has 1 N–H and O–H groups in total. The largest absolute Gasteiger partial charge is 0.497 e. The zero-order valence-electron chi connectivity index (χ0n) is 13.1. The first-order chi connectivity index (χ1) is 9.60. The maximum atomic E-state index is 5.83. The number of ether oxygens (including phenoxy) is 2. The molecule has 1 aromatic carbocycles. The summed E-state index contributed by atoms with van der Waals surface area (Å²) in [5.41, 5.74) is 1.27. The molecule has 20 heavy (non-hydrogen) atoms. The molecule has 3 nitrogen and oxygen atoms in total. The highest BCUT2D eigenvalue weighted by Crippen LogP contribution is 2.24. The lowest BCUT2D eigenvalue weighted by atomic mass is 9.94. The smallest absolute Gasteiger partial charge is 0.119 e. The van der Waals surface area contributed by atoms with E-state index in [2.05, 4.69) is 38.2 Å². The van der Waals surface area contributed by atoms with Crippen LogP contribution >= 0.6 is 0 Å². The summed E-state index contributed by atoms with van der Waals surface area (Å²) in [4.78, 5) is 0. The predicted molar refractivity (Wildman–Crippen MR) is 82.1 cm³/mol. The van der Waals surface area contributed by atoms with Gasteiger partial charge in [0.15, 0.2) is 0 Å². The van der Waals surface area contributed by atoms with E-state index in [0.29, 0.717) is 24.1 Å². The second-order valence-corrected chi connectivity index (χ2v) is 6.04. The predicted octanol–water partition coefficient (Wildman–Crippen LogP) is 3.55. The van der Waals surface area contributed by atoms with Gasteiger partial charge in [0.25, 0.3) is 0 Å². The third-order valence-electron chi connectivity index (χ3n) is 4.14. The van der Waals surface area contributed by atoms with Crippen molar-refractivity contribution in [2.75, 3.05) is 13.7 Å². The summed E-state index contributed by atoms with van der Waals surface area (Å²) in [5, 5.41) is 3.74. The Balaban J connectivity index is 1.94. The number of nitrogens with one attached hydrogen (secondary N) is 1. The van der Waals surface area contributed by atoms with Crippen molar-refractivity contribution in [2.45, 2.75) is 51.8 Å². The van der Waals surface area contributed by atoms with E-state index in [9.17, 15) is 0 Å². The Hall–Kier alpha value is -1.06. The van der Waals surface area contributed by atoms with Crippen LogP contribution in [0.3, 0.4) is 0 Å². The van der Waals surface area contributed by atoms with Crippen LogP contribution in [0.1, 0.15) is 45.2 Å². The van der Waals surface area contributed by atoms with Gasteiger partial charge >= 0.3 is 0 Å². The van der Waals surface area contributed by atoms with E-state index in [0.717, 1.165) is 25.2 Å². The summed E-state index contributed by atoms with van der Waals surface area (Å²) in [6.45, 7) is 7.55. The van der Waals surface area contributed by atoms with E-state index in [1.54, 1.807) is 7.11 Å². The first kappa shape index (κ1) is 15.3. The lowest BCUT2D eigenvalue weighted by Crippen LogP contribution is -2.41. The zero-order valence-corrected chi connectivity index (χ0v) is 13.1. The Kier molecular flexibility index (Phi) is 5.44. The maximum absolute atomic E-state index is 5.83. The molecule has 0 aliphatic carbocycles. The highest BCUT2D eigenvalue weighted by molar-refractivity contribution is 5.30. The molecular weight excluding hydrogens is 250 g/mol. The average molecular weight is 277 g/mol. The van der Waals surface area contributed by atoms with E-state index in [1.807, 2.05) is 12.1 Å². The van der Waals surface area contributed by atoms with Crippen molar-refractivity contribution in [3.8, 4) is 5.75 Å². The molecule has 112 valence electrons. The van der Waals surface area contributed by atoms with Crippen LogP contribution in [0.4, 0.5) is 0 Å². The van der Waals surface area contributed by atoms with Gasteiger partial charge in [-0.3, -0.25) is 0 Å². The SMILES string of the molecule is COc1cccc([C@@H](C)NC2CCOC(C(C)C)C2)c1. The standard InChI is InChI=1S/C17H27NO2/c1-12(2)17-11-15(8-9-20-17)18-13(3)14-6-5-7-16(10-14)19-4/h5-7,10,12-13,15,17-18H,8-9,11H2,1-4H3/t13-,15?,17?/m1/s1. The van der Waals surface area contributed by atoms with Crippen molar-refractivity contribution in [2.24, 2.45) is 5.92 Å². The molecule has 0 bridgehead atoms. The van der Waals surface area contributed by atoms with Crippen molar-refractivity contribution in [1.82, 2.24) is 5.32 Å². The third-order valence-corrected chi connectivity index (χ3v) is 4.14. The van der Waals surface area contributed by atoms with Crippen molar-refractivity contribution < 1.29 is 9.47 Å². The third kappa shape index (κ3) is 3.97. The minimum Gasteiger partial charge on any atom is -0.497 e. The van der Waals surface area contributed by atoms with Gasteiger partial charge in [0.1, 0.15) is 5.75 Å². The molecule has 1 heterocycles. The Morgan fingerprint density at radius 2 is 2.10 bits per heavy atom. The van der Waals surface area contributed by atoms with Crippen LogP contribution in [0.2, 0.25) is 0 Å². The summed E-state index contributed by atoms with van der Waals surface area (Å²) in [6.07, 6.45) is 2.59. The van der Waals surface area contributed by atoms with Crippen LogP contribution in [-0.2, 0) is 4.74 Å². The molecule has 1 aliphatic heterocycles. The quantitative estimate of drug-likeness (QED) is 0.893. The highest BCUT2D eigenvalue weighted by atomic mass is 16.5. The van der Waals surface area contributed by atoms with Gasteiger partial charge in [-0.15, -0.1) is 0 Å². The van der Waals surface area contributed by atoms with E-state index in [4.69, 9.17) is 9.47 Å². The fraction of sp³-hybridized carbons (Fsp3) is 0.647. The molecule has 0 radical (unpaired) electrons. The van der Waals surface area contributed by atoms with Gasteiger partial charge in [0.05, 0.1) is 13.2 Å². The molecule has 1 aliphatic rings. The number of hydrogen-bond acceptors (Lipinski definition) is 3. The van der Waals surface area contributed by atoms with Crippen molar-refractivity contribution >= 4 is 0 Å². The van der Waals surface area contributed by atoms with E-state index in [1.165, 1.54) is 5.56 Å². The molecule has 1 aromatic rings. The highest BCUT2D eigenvalue weighted by Gasteiger charge is 2.25. The van der Waals surface area contributed by atoms with Crippen LogP contribution in [0, 0.1) is 5.92 Å². The molecular formula is C17H27NO2. The van der Waals surface area contributed by atoms with Gasteiger partial charge in [-0.2, -0.15) is 0 Å². The molecule has 0 aromatic heterocycles. The zero-order chi connectivity index (χ0) is 14.5. The molecule has 2 rings (SSSR count). The number of rotatable bonds is 5. The van der Waals surface area contributed by atoms with Gasteiger partial charge < -0.3 is 14.8 Å². The topological polar surface area (TPSA) is 30.5 Å². The molecule has 1 fully saturated rings. The van der Waals surface area contributed by atoms with E-state index < -0.39 is 0 Å². The van der Waals surface area contributed by atoms with Gasteiger partial charge in [-0.25, -0.2) is 0 Å². The lowest BCUT2D eigenvalue weighted by Gasteiger charge is -2.34. The van der Waals surface area contributed by atoms with Crippen LogP contribution in [0.25, 0.3) is 0 Å². The number of methoxy groups -OCH3 is 1. The summed E-state index contributed by atoms with van der Waals surface area (Å²) in [5.74, 6) is 1.51. The fourth-order valence-corrected chi connectivity index (χ4v) is 2.80. The normalized spacial score (nSPS) is 24.6. The van der Waals surface area contributed by atoms with Crippen molar-refractivity contribution in [1.29, 1.82) is 0 Å². The van der Waals surface area contributed by atoms with Gasteiger partial charge in [-0.05, 0) is 43.4 Å². The monoisotopic (exact) mass is 277 g/mol. The van der Waals surface area contributed by atoms with Crippen LogP contribution in [0.5, 0.6) is 5.75 Å². The molecule has 3 atom stereocenters. The summed E-state index contributed by atoms with van der Waals surface area (Å²) in [6, 6.07) is 9.17. The summed E-state index contributed by atoms with van der Waals surface area (Å²) in [7, 11) is 1.71. The van der Waals surface area contributed by atoms with E-state index >= 15 is 0 Å². The second kappa shape index (κ2) is 7.09. The first-order valence-corrected chi connectivity index (χ1v) is 7.61. The fourth-order valence-electron chi connectivity index (χ4n) is 2.80. The van der Waals surface area contributed by atoms with Crippen molar-refractivity contribution in [3.05, 3.63) is 29.8 Å². The molecule has 0 spiro atoms. The minimum atomic E-state index is 0.334. The molecule has 2 unspecified atom stereocenters. The Bertz CT molecular complexity index is 419. The first-order valence-electron chi connectivity index (χ1n) is 7.61. The minimum absolute atomic E-state index is 0.334. The Morgan fingerprint density at radius 3 is 2.80 bits per heavy atom. The summed E-state index contributed by atoms with van der Waals surface area (Å²) >= 11 is 0. The second-order valence-electron chi connectivity index (χ2n) is 6.04. The Labute approximate surface area is 122 Å². The number of benzene rings is 1. The number of hydrogen-bond donors (Lipinski definition) is 1. The molecule has 3 heteroatoms. The van der Waals surface area contributed by atoms with Gasteiger partial charge in [0, 0.05) is 18.7 Å². The maximum Gasteiger partial charge on any atom is 0.119 e. The van der Waals surface area contributed by atoms with Gasteiger partial charge in [-0.1, -0.05) is 26.0 Å². The Morgan fingerprint density at radius 1 is 1.30 bits per heavy atom. The summed E-state index contributed by atoms with van der Waals surface area (Å²) < 4.78 is 11.1. The molecule has 1 saturated heterocycles. The van der Waals surface area contributed by atoms with Crippen LogP contribution in [-0.4, -0.2) is 25.9 Å². The van der Waals surface area contributed by atoms with Crippen molar-refractivity contribution in [3.63, 3.8) is 0 Å². The lowest BCUT2D eigenvalue weighted by molar-refractivity contribution is -0.0257. The van der Waals surface area contributed by atoms with E-state index in [-0.39, 0.29) is 0 Å². The van der Waals surface area contributed by atoms with Gasteiger partial charge in [0.2, 0.25) is 0 Å².